The van der Waals surface area contributed by atoms with Crippen molar-refractivity contribution in [1.82, 2.24) is 10.2 Å². The number of carbonyl (C=O) groups excluding carboxylic acids is 1. The first-order valence-corrected chi connectivity index (χ1v) is 12.9. The van der Waals surface area contributed by atoms with Gasteiger partial charge in [0.25, 0.3) is 11.5 Å². The molecule has 1 unspecified atom stereocenters. The number of hydrogen-bond donors (Lipinski definition) is 1. The summed E-state index contributed by atoms with van der Waals surface area (Å²) in [6, 6.07) is 3.77. The van der Waals surface area contributed by atoms with Crippen molar-refractivity contribution in [3.05, 3.63) is 54.7 Å². The normalized spacial score (nSPS) is 20.0. The van der Waals surface area contributed by atoms with E-state index in [1.165, 1.54) is 29.5 Å². The lowest BCUT2D eigenvalue weighted by molar-refractivity contribution is -0.275. The SMILES string of the molecule is CSCCNC(=O)c1sc2c(c1C)CN(C1=NOC(c3cc(Cl)cc(Cl)c3)(C(F)(F)F)C1)C2. The number of alkyl halides is 3. The Kier molecular flexibility index (Phi) is 6.83. The van der Waals surface area contributed by atoms with Gasteiger partial charge in [0.05, 0.1) is 17.8 Å². The van der Waals surface area contributed by atoms with E-state index < -0.39 is 18.2 Å². The molecule has 1 N–H and O–H groups in total. The molecule has 0 bridgehead atoms. The first kappa shape index (κ1) is 24.5. The molecule has 0 radical (unpaired) electrons. The van der Waals surface area contributed by atoms with Crippen LogP contribution in [0.15, 0.2) is 23.4 Å². The zero-order valence-electron chi connectivity index (χ0n) is 17.7. The van der Waals surface area contributed by atoms with Gasteiger partial charge in [-0.25, -0.2) is 0 Å². The molecule has 1 aromatic carbocycles. The second-order valence-electron chi connectivity index (χ2n) is 7.82. The molecule has 1 amide bonds. The fourth-order valence-electron chi connectivity index (χ4n) is 3.95. The van der Waals surface area contributed by atoms with Crippen molar-refractivity contribution >= 4 is 58.0 Å². The standard InChI is InChI=1S/C21H20Cl2F3N3O2S2/c1-11-15-9-29(10-16(15)33-18(11)19(30)27-3-4-32-2)17-8-20(31-28-17,21(24,25)26)12-5-13(22)7-14(23)6-12/h5-7H,3-4,8-10H2,1-2H3,(H,27,30). The van der Waals surface area contributed by atoms with Gasteiger partial charge >= 0.3 is 6.18 Å². The Morgan fingerprint density at radius 2 is 2.00 bits per heavy atom. The van der Waals surface area contributed by atoms with Crippen LogP contribution in [0.5, 0.6) is 0 Å². The average Bonchev–Trinajstić information content (AvgIpc) is 3.41. The fourth-order valence-corrected chi connectivity index (χ4v) is 6.03. The van der Waals surface area contributed by atoms with Gasteiger partial charge in [0, 0.05) is 39.3 Å². The van der Waals surface area contributed by atoms with Crippen LogP contribution >= 0.6 is 46.3 Å². The highest BCUT2D eigenvalue weighted by molar-refractivity contribution is 7.98. The van der Waals surface area contributed by atoms with E-state index in [1.54, 1.807) is 16.7 Å². The van der Waals surface area contributed by atoms with Crippen molar-refractivity contribution in [3.8, 4) is 0 Å². The summed E-state index contributed by atoms with van der Waals surface area (Å²) in [5, 5.41) is 6.90. The minimum atomic E-state index is -4.74. The third kappa shape index (κ3) is 4.54. The minimum absolute atomic E-state index is 0.0838. The number of thiophene rings is 1. The molecule has 2 aromatic rings. The van der Waals surface area contributed by atoms with E-state index in [2.05, 4.69) is 10.5 Å². The van der Waals surface area contributed by atoms with Gasteiger partial charge in [-0.05, 0) is 42.5 Å². The Morgan fingerprint density at radius 3 is 2.61 bits per heavy atom. The van der Waals surface area contributed by atoms with Crippen LogP contribution in [0, 0.1) is 6.92 Å². The summed E-state index contributed by atoms with van der Waals surface area (Å²) in [6.07, 6.45) is -3.27. The Bertz CT molecular complexity index is 1100. The number of amides is 1. The number of nitrogens with one attached hydrogen (secondary N) is 1. The minimum Gasteiger partial charge on any atom is -0.372 e. The predicted molar refractivity (Wildman–Crippen MR) is 126 cm³/mol. The van der Waals surface area contributed by atoms with Gasteiger partial charge in [0.15, 0.2) is 0 Å². The van der Waals surface area contributed by atoms with Crippen LogP contribution in [0.3, 0.4) is 0 Å². The van der Waals surface area contributed by atoms with Crippen LogP contribution in [0.4, 0.5) is 13.2 Å². The molecule has 12 heteroatoms. The van der Waals surface area contributed by atoms with E-state index in [0.29, 0.717) is 24.5 Å². The van der Waals surface area contributed by atoms with Crippen LogP contribution < -0.4 is 5.32 Å². The van der Waals surface area contributed by atoms with E-state index in [-0.39, 0.29) is 27.4 Å². The summed E-state index contributed by atoms with van der Waals surface area (Å²) in [6.45, 7) is 3.17. The molecule has 33 heavy (non-hydrogen) atoms. The smallest absolute Gasteiger partial charge is 0.372 e. The molecule has 0 fully saturated rings. The molecule has 5 nitrogen and oxygen atoms in total. The highest BCUT2D eigenvalue weighted by Crippen LogP contribution is 2.50. The van der Waals surface area contributed by atoms with Gasteiger partial charge in [0.1, 0.15) is 5.84 Å². The van der Waals surface area contributed by atoms with Gasteiger partial charge in [-0.15, -0.1) is 11.3 Å². The molecule has 2 aliphatic rings. The average molecular weight is 538 g/mol. The van der Waals surface area contributed by atoms with Crippen molar-refractivity contribution in [2.45, 2.75) is 38.2 Å². The van der Waals surface area contributed by atoms with Crippen LogP contribution in [0.2, 0.25) is 10.0 Å². The van der Waals surface area contributed by atoms with Crippen LogP contribution in [0.25, 0.3) is 0 Å². The lowest BCUT2D eigenvalue weighted by Gasteiger charge is -2.30. The summed E-state index contributed by atoms with van der Waals surface area (Å²) < 4.78 is 42.6. The molecule has 0 saturated carbocycles. The van der Waals surface area contributed by atoms with Gasteiger partial charge in [0.2, 0.25) is 0 Å². The maximum atomic E-state index is 14.2. The number of fused-ring (bicyclic) bond motifs is 1. The number of amidine groups is 1. The zero-order chi connectivity index (χ0) is 24.0. The third-order valence-electron chi connectivity index (χ3n) is 5.70. The van der Waals surface area contributed by atoms with E-state index in [4.69, 9.17) is 28.0 Å². The summed E-state index contributed by atoms with van der Waals surface area (Å²) >= 11 is 14.9. The topological polar surface area (TPSA) is 53.9 Å². The number of rotatable bonds is 5. The van der Waals surface area contributed by atoms with Crippen LogP contribution in [-0.4, -0.2) is 41.4 Å². The highest BCUT2D eigenvalue weighted by atomic mass is 35.5. The fraction of sp³-hybridized carbons (Fsp3) is 0.429. The Morgan fingerprint density at radius 1 is 1.30 bits per heavy atom. The molecular formula is C21H20Cl2F3N3O2S2. The second kappa shape index (κ2) is 9.20. The van der Waals surface area contributed by atoms with Crippen molar-refractivity contribution in [2.24, 2.45) is 5.16 Å². The number of carbonyl (C=O) groups is 1. The van der Waals surface area contributed by atoms with E-state index in [0.717, 1.165) is 21.8 Å². The summed E-state index contributed by atoms with van der Waals surface area (Å²) in [7, 11) is 0. The van der Waals surface area contributed by atoms with E-state index in [9.17, 15) is 18.0 Å². The van der Waals surface area contributed by atoms with Crippen molar-refractivity contribution < 1.29 is 22.8 Å². The molecule has 1 aromatic heterocycles. The summed E-state index contributed by atoms with van der Waals surface area (Å²) in [4.78, 5) is 20.9. The quantitative estimate of drug-likeness (QED) is 0.478. The number of hydrogen-bond acceptors (Lipinski definition) is 6. The summed E-state index contributed by atoms with van der Waals surface area (Å²) in [5.41, 5.74) is -1.06. The molecule has 1 atom stereocenters. The van der Waals surface area contributed by atoms with Gasteiger partial charge < -0.3 is 15.1 Å². The second-order valence-corrected chi connectivity index (χ2v) is 10.8. The van der Waals surface area contributed by atoms with E-state index in [1.807, 2.05) is 13.2 Å². The van der Waals surface area contributed by atoms with Gasteiger partial charge in [-0.2, -0.15) is 24.9 Å². The Hall–Kier alpha value is -1.62. The number of oxime groups is 1. The van der Waals surface area contributed by atoms with Crippen molar-refractivity contribution in [2.75, 3.05) is 18.6 Å². The first-order chi connectivity index (χ1) is 15.6. The number of benzene rings is 1. The van der Waals surface area contributed by atoms with E-state index >= 15 is 0 Å². The maximum Gasteiger partial charge on any atom is 0.435 e. The maximum absolute atomic E-state index is 14.2. The Balaban J connectivity index is 1.53. The molecule has 0 aliphatic carbocycles. The lowest BCUT2D eigenvalue weighted by Crippen LogP contribution is -2.43. The molecule has 178 valence electrons. The van der Waals surface area contributed by atoms with Gasteiger partial charge in [-0.1, -0.05) is 28.4 Å². The highest BCUT2D eigenvalue weighted by Gasteiger charge is 2.63. The van der Waals surface area contributed by atoms with Crippen molar-refractivity contribution in [3.63, 3.8) is 0 Å². The van der Waals surface area contributed by atoms with Crippen LogP contribution in [0.1, 0.15) is 37.7 Å². The monoisotopic (exact) mass is 537 g/mol. The molecule has 0 spiro atoms. The first-order valence-electron chi connectivity index (χ1n) is 9.97. The summed E-state index contributed by atoms with van der Waals surface area (Å²) in [5.74, 6) is 0.891. The third-order valence-corrected chi connectivity index (χ3v) is 8.07. The molecule has 0 saturated heterocycles. The Labute approximate surface area is 207 Å². The molecule has 4 rings (SSSR count). The largest absolute Gasteiger partial charge is 0.435 e. The van der Waals surface area contributed by atoms with Gasteiger partial charge in [-0.3, -0.25) is 4.79 Å². The molecular weight excluding hydrogens is 518 g/mol. The van der Waals surface area contributed by atoms with Crippen LogP contribution in [-0.2, 0) is 23.5 Å². The number of halogens is 5. The predicted octanol–water partition coefficient (Wildman–Crippen LogP) is 5.96. The zero-order valence-corrected chi connectivity index (χ0v) is 20.8. The molecule has 2 aliphatic heterocycles. The number of nitrogens with zero attached hydrogens (tertiary/aromatic N) is 2. The van der Waals surface area contributed by atoms with Crippen molar-refractivity contribution in [1.29, 1.82) is 0 Å². The lowest BCUT2D eigenvalue weighted by atomic mass is 9.89. The molecule has 3 heterocycles. The number of thioether (sulfide) groups is 1.